The van der Waals surface area contributed by atoms with E-state index in [-0.39, 0.29) is 0 Å². The van der Waals surface area contributed by atoms with Crippen LogP contribution in [-0.4, -0.2) is 49.1 Å². The Kier molecular flexibility index (Phi) is 4.55. The van der Waals surface area contributed by atoms with E-state index in [1.807, 2.05) is 0 Å². The summed E-state index contributed by atoms with van der Waals surface area (Å²) >= 11 is 0. The van der Waals surface area contributed by atoms with Crippen molar-refractivity contribution in [3.8, 4) is 0 Å². The van der Waals surface area contributed by atoms with Crippen LogP contribution in [-0.2, 0) is 0 Å². The molecule has 2 heteroatoms. The first-order chi connectivity index (χ1) is 7.98. The fourth-order valence-electron chi connectivity index (χ4n) is 3.36. The van der Waals surface area contributed by atoms with Crippen LogP contribution in [0.5, 0.6) is 0 Å². The second-order valence-electron chi connectivity index (χ2n) is 8.43. The third-order valence-corrected chi connectivity index (χ3v) is 4.88. The van der Waals surface area contributed by atoms with E-state index in [4.69, 9.17) is 0 Å². The van der Waals surface area contributed by atoms with Crippen molar-refractivity contribution in [2.45, 2.75) is 59.9 Å². The summed E-state index contributed by atoms with van der Waals surface area (Å²) in [7, 11) is 4.42. The summed E-state index contributed by atoms with van der Waals surface area (Å²) in [5, 5.41) is 0. The minimum absolute atomic E-state index is 0.322. The van der Waals surface area contributed by atoms with Crippen molar-refractivity contribution in [1.29, 1.82) is 0 Å². The van der Waals surface area contributed by atoms with E-state index in [2.05, 4.69) is 65.4 Å². The maximum absolute atomic E-state index is 2.65. The van der Waals surface area contributed by atoms with Crippen LogP contribution in [0.15, 0.2) is 0 Å². The van der Waals surface area contributed by atoms with Gasteiger partial charge < -0.3 is 4.90 Å². The monoisotopic (exact) mass is 254 g/mol. The molecule has 1 aliphatic rings. The minimum atomic E-state index is 0.322. The molecule has 0 unspecified atom stereocenters. The van der Waals surface area contributed by atoms with Crippen molar-refractivity contribution >= 4 is 0 Å². The molecule has 0 radical (unpaired) electrons. The minimum Gasteiger partial charge on any atom is -0.309 e. The lowest BCUT2D eigenvalue weighted by Gasteiger charge is -2.53. The van der Waals surface area contributed by atoms with Gasteiger partial charge in [-0.15, -0.1) is 0 Å². The van der Waals surface area contributed by atoms with E-state index in [0.717, 1.165) is 0 Å². The maximum atomic E-state index is 2.65. The van der Waals surface area contributed by atoms with Gasteiger partial charge in [-0.2, -0.15) is 0 Å². The first-order valence-electron chi connectivity index (χ1n) is 7.38. The van der Waals surface area contributed by atoms with Gasteiger partial charge in [-0.25, -0.2) is 0 Å². The van der Waals surface area contributed by atoms with Gasteiger partial charge in [-0.1, -0.05) is 20.8 Å². The van der Waals surface area contributed by atoms with E-state index in [9.17, 15) is 0 Å². The Labute approximate surface area is 115 Å². The summed E-state index contributed by atoms with van der Waals surface area (Å²) in [5.41, 5.74) is 1.18. The van der Waals surface area contributed by atoms with Crippen LogP contribution in [0.3, 0.4) is 0 Å². The standard InChI is InChI=1S/C16H34N2/c1-14(2,3)16(13-17(7)8)9-11-18(12-10-16)15(4,5)6/h9-13H2,1-8H3. The van der Waals surface area contributed by atoms with E-state index in [1.54, 1.807) is 0 Å². The molecule has 0 amide bonds. The molecule has 1 heterocycles. The van der Waals surface area contributed by atoms with Crippen LogP contribution in [0.25, 0.3) is 0 Å². The summed E-state index contributed by atoms with van der Waals surface area (Å²) in [6, 6.07) is 0. The van der Waals surface area contributed by atoms with Gasteiger partial charge in [-0.05, 0) is 71.6 Å². The second-order valence-corrected chi connectivity index (χ2v) is 8.43. The summed E-state index contributed by atoms with van der Waals surface area (Å²) < 4.78 is 0. The fourth-order valence-corrected chi connectivity index (χ4v) is 3.36. The molecule has 2 nitrogen and oxygen atoms in total. The average Bonchev–Trinajstić information content (AvgIpc) is 2.14. The lowest BCUT2D eigenvalue weighted by molar-refractivity contribution is -0.0364. The molecule has 0 bridgehead atoms. The Balaban J connectivity index is 2.80. The first-order valence-corrected chi connectivity index (χ1v) is 7.38. The molecule has 18 heavy (non-hydrogen) atoms. The van der Waals surface area contributed by atoms with E-state index in [0.29, 0.717) is 16.4 Å². The molecule has 1 fully saturated rings. The normalized spacial score (nSPS) is 22.5. The molecule has 0 spiro atoms. The molecule has 0 aromatic carbocycles. The molecule has 0 N–H and O–H groups in total. The molecular formula is C16H34N2. The number of hydrogen-bond donors (Lipinski definition) is 0. The molecule has 0 aromatic heterocycles. The number of hydrogen-bond acceptors (Lipinski definition) is 2. The smallest absolute Gasteiger partial charge is 0.0125 e. The number of piperidine rings is 1. The topological polar surface area (TPSA) is 6.48 Å². The summed E-state index contributed by atoms with van der Waals surface area (Å²) in [6.07, 6.45) is 2.65. The van der Waals surface area contributed by atoms with E-state index in [1.165, 1.54) is 32.5 Å². The molecule has 0 aromatic rings. The molecule has 0 aliphatic carbocycles. The Morgan fingerprint density at radius 1 is 0.944 bits per heavy atom. The van der Waals surface area contributed by atoms with Gasteiger partial charge in [0.25, 0.3) is 0 Å². The highest BCUT2D eigenvalue weighted by atomic mass is 15.2. The lowest BCUT2D eigenvalue weighted by Crippen LogP contribution is -2.55. The van der Waals surface area contributed by atoms with Gasteiger partial charge >= 0.3 is 0 Å². The molecule has 108 valence electrons. The van der Waals surface area contributed by atoms with Gasteiger partial charge in [0, 0.05) is 12.1 Å². The van der Waals surface area contributed by atoms with Gasteiger partial charge in [0.15, 0.2) is 0 Å². The SMILES string of the molecule is CN(C)CC1(C(C)(C)C)CCN(C(C)(C)C)CC1. The Morgan fingerprint density at radius 2 is 1.39 bits per heavy atom. The highest BCUT2D eigenvalue weighted by molar-refractivity contribution is 4.97. The number of nitrogens with zero attached hydrogens (tertiary/aromatic N) is 2. The van der Waals surface area contributed by atoms with Gasteiger partial charge in [0.05, 0.1) is 0 Å². The molecule has 0 saturated carbocycles. The largest absolute Gasteiger partial charge is 0.309 e. The summed E-state index contributed by atoms with van der Waals surface area (Å²) in [4.78, 5) is 5.02. The maximum Gasteiger partial charge on any atom is 0.0125 e. The van der Waals surface area contributed by atoms with Crippen LogP contribution in [0.1, 0.15) is 54.4 Å². The zero-order valence-corrected chi connectivity index (χ0v) is 13.9. The highest BCUT2D eigenvalue weighted by Gasteiger charge is 2.45. The first kappa shape index (κ1) is 16.0. The van der Waals surface area contributed by atoms with Gasteiger partial charge in [-0.3, -0.25) is 4.90 Å². The van der Waals surface area contributed by atoms with E-state index < -0.39 is 0 Å². The van der Waals surface area contributed by atoms with E-state index >= 15 is 0 Å². The Morgan fingerprint density at radius 3 is 1.67 bits per heavy atom. The molecule has 1 rings (SSSR count). The van der Waals surface area contributed by atoms with Crippen molar-refractivity contribution in [3.63, 3.8) is 0 Å². The summed E-state index contributed by atoms with van der Waals surface area (Å²) in [6.45, 7) is 18.0. The van der Waals surface area contributed by atoms with Crippen LogP contribution < -0.4 is 0 Å². The summed E-state index contributed by atoms with van der Waals surface area (Å²) in [5.74, 6) is 0. The van der Waals surface area contributed by atoms with Crippen LogP contribution >= 0.6 is 0 Å². The highest BCUT2D eigenvalue weighted by Crippen LogP contribution is 2.47. The predicted molar refractivity (Wildman–Crippen MR) is 81.0 cm³/mol. The number of likely N-dealkylation sites (tertiary alicyclic amines) is 1. The molecule has 1 aliphatic heterocycles. The zero-order valence-electron chi connectivity index (χ0n) is 13.9. The Bertz CT molecular complexity index is 260. The Hall–Kier alpha value is -0.0800. The molecular weight excluding hydrogens is 220 g/mol. The predicted octanol–water partition coefficient (Wildman–Crippen LogP) is 3.47. The second kappa shape index (κ2) is 5.13. The van der Waals surface area contributed by atoms with Crippen molar-refractivity contribution in [2.75, 3.05) is 33.7 Å². The van der Waals surface area contributed by atoms with Gasteiger partial charge in [0.1, 0.15) is 0 Å². The quantitative estimate of drug-likeness (QED) is 0.744. The molecule has 1 saturated heterocycles. The van der Waals surface area contributed by atoms with Crippen molar-refractivity contribution in [2.24, 2.45) is 10.8 Å². The fraction of sp³-hybridized carbons (Fsp3) is 1.00. The molecule has 0 atom stereocenters. The van der Waals surface area contributed by atoms with Crippen LogP contribution in [0, 0.1) is 10.8 Å². The van der Waals surface area contributed by atoms with Gasteiger partial charge in [0.2, 0.25) is 0 Å². The third-order valence-electron chi connectivity index (χ3n) is 4.88. The lowest BCUT2D eigenvalue weighted by atomic mass is 9.61. The zero-order chi connectivity index (χ0) is 14.2. The van der Waals surface area contributed by atoms with Crippen LogP contribution in [0.2, 0.25) is 0 Å². The van der Waals surface area contributed by atoms with Crippen molar-refractivity contribution in [3.05, 3.63) is 0 Å². The van der Waals surface area contributed by atoms with Crippen molar-refractivity contribution in [1.82, 2.24) is 9.80 Å². The van der Waals surface area contributed by atoms with Crippen molar-refractivity contribution < 1.29 is 0 Å². The van der Waals surface area contributed by atoms with Crippen LogP contribution in [0.4, 0.5) is 0 Å². The third kappa shape index (κ3) is 3.48. The average molecular weight is 254 g/mol. The number of rotatable bonds is 2.